The summed E-state index contributed by atoms with van der Waals surface area (Å²) in [7, 11) is 3.91. The average molecular weight is 260 g/mol. The highest BCUT2D eigenvalue weighted by molar-refractivity contribution is 5.87. The summed E-state index contributed by atoms with van der Waals surface area (Å²) in [6.07, 6.45) is 1.32. The molecule has 0 saturated heterocycles. The Balaban J connectivity index is 2.27. The normalized spacial score (nSPS) is 10.3. The number of esters is 1. The SMILES string of the molecule is CCOC(=O)c1coc(-c2cccc(N(C)C)c2)n1. The Hall–Kier alpha value is -2.30. The number of benzene rings is 1. The summed E-state index contributed by atoms with van der Waals surface area (Å²) in [5.74, 6) is -0.0620. The van der Waals surface area contributed by atoms with E-state index in [1.165, 1.54) is 6.26 Å². The lowest BCUT2D eigenvalue weighted by Crippen LogP contribution is -2.08. The highest BCUT2D eigenvalue weighted by Crippen LogP contribution is 2.23. The zero-order valence-corrected chi connectivity index (χ0v) is 11.2. The van der Waals surface area contributed by atoms with Crippen molar-refractivity contribution in [2.75, 3.05) is 25.6 Å². The minimum atomic E-state index is -0.471. The van der Waals surface area contributed by atoms with Gasteiger partial charge in [-0.05, 0) is 25.1 Å². The molecule has 0 fully saturated rings. The molecule has 1 aromatic heterocycles. The fourth-order valence-corrected chi connectivity index (χ4v) is 1.62. The highest BCUT2D eigenvalue weighted by atomic mass is 16.5. The monoisotopic (exact) mass is 260 g/mol. The molecule has 0 bridgehead atoms. The Morgan fingerprint density at radius 2 is 2.21 bits per heavy atom. The van der Waals surface area contributed by atoms with Crippen molar-refractivity contribution in [2.45, 2.75) is 6.92 Å². The van der Waals surface area contributed by atoms with Crippen LogP contribution >= 0.6 is 0 Å². The molecule has 0 saturated carbocycles. The van der Waals surface area contributed by atoms with E-state index in [0.717, 1.165) is 11.3 Å². The van der Waals surface area contributed by atoms with Gasteiger partial charge in [-0.25, -0.2) is 9.78 Å². The molecule has 19 heavy (non-hydrogen) atoms. The number of carbonyl (C=O) groups is 1. The molecule has 1 heterocycles. The lowest BCUT2D eigenvalue weighted by molar-refractivity contribution is 0.0519. The summed E-state index contributed by atoms with van der Waals surface area (Å²) in [6.45, 7) is 2.07. The maximum absolute atomic E-state index is 11.5. The smallest absolute Gasteiger partial charge is 0.360 e. The molecule has 1 aromatic carbocycles. The molecule has 0 amide bonds. The van der Waals surface area contributed by atoms with Crippen molar-refractivity contribution < 1.29 is 13.9 Å². The molecule has 0 unspecified atom stereocenters. The third-order valence-electron chi connectivity index (χ3n) is 2.60. The maximum atomic E-state index is 11.5. The topological polar surface area (TPSA) is 55.6 Å². The Morgan fingerprint density at radius 3 is 2.89 bits per heavy atom. The first kappa shape index (κ1) is 13.1. The van der Waals surface area contributed by atoms with Crippen LogP contribution in [-0.2, 0) is 4.74 Å². The van der Waals surface area contributed by atoms with Crippen molar-refractivity contribution in [1.29, 1.82) is 0 Å². The summed E-state index contributed by atoms with van der Waals surface area (Å²) >= 11 is 0. The predicted molar refractivity (Wildman–Crippen MR) is 72.2 cm³/mol. The molecule has 0 aliphatic heterocycles. The number of hydrogen-bond acceptors (Lipinski definition) is 5. The third-order valence-corrected chi connectivity index (χ3v) is 2.60. The highest BCUT2D eigenvalue weighted by Gasteiger charge is 2.14. The second-order valence-corrected chi connectivity index (χ2v) is 4.20. The number of carbonyl (C=O) groups excluding carboxylic acids is 1. The zero-order chi connectivity index (χ0) is 13.8. The molecule has 5 heteroatoms. The van der Waals surface area contributed by atoms with Crippen molar-refractivity contribution >= 4 is 11.7 Å². The van der Waals surface area contributed by atoms with Gasteiger partial charge in [0.05, 0.1) is 6.61 Å². The Kier molecular flexibility index (Phi) is 3.85. The van der Waals surface area contributed by atoms with Gasteiger partial charge in [-0.15, -0.1) is 0 Å². The van der Waals surface area contributed by atoms with Gasteiger partial charge in [-0.3, -0.25) is 0 Å². The molecule has 100 valence electrons. The van der Waals surface area contributed by atoms with Crippen molar-refractivity contribution in [3.63, 3.8) is 0 Å². The van der Waals surface area contributed by atoms with Crippen LogP contribution in [0.4, 0.5) is 5.69 Å². The second-order valence-electron chi connectivity index (χ2n) is 4.20. The molecule has 0 spiro atoms. The fraction of sp³-hybridized carbons (Fsp3) is 0.286. The number of hydrogen-bond donors (Lipinski definition) is 0. The summed E-state index contributed by atoms with van der Waals surface area (Å²) in [4.78, 5) is 17.6. The Labute approximate surface area is 111 Å². The molecule has 2 rings (SSSR count). The quantitative estimate of drug-likeness (QED) is 0.791. The summed E-state index contributed by atoms with van der Waals surface area (Å²) < 4.78 is 10.2. The summed E-state index contributed by atoms with van der Waals surface area (Å²) in [6, 6.07) is 7.73. The van der Waals surface area contributed by atoms with Gasteiger partial charge in [0.15, 0.2) is 5.69 Å². The van der Waals surface area contributed by atoms with E-state index in [1.54, 1.807) is 6.92 Å². The van der Waals surface area contributed by atoms with Crippen molar-refractivity contribution in [2.24, 2.45) is 0 Å². The van der Waals surface area contributed by atoms with Gasteiger partial charge in [0.25, 0.3) is 0 Å². The van der Waals surface area contributed by atoms with Crippen LogP contribution in [0.1, 0.15) is 17.4 Å². The second kappa shape index (κ2) is 5.56. The van der Waals surface area contributed by atoms with Crippen LogP contribution in [0, 0.1) is 0 Å². The van der Waals surface area contributed by atoms with Gasteiger partial charge in [0, 0.05) is 25.3 Å². The van der Waals surface area contributed by atoms with Crippen LogP contribution in [0.15, 0.2) is 34.9 Å². The average Bonchev–Trinajstić information content (AvgIpc) is 2.89. The van der Waals surface area contributed by atoms with E-state index in [1.807, 2.05) is 43.3 Å². The van der Waals surface area contributed by atoms with E-state index in [9.17, 15) is 4.79 Å². The number of ether oxygens (including phenoxy) is 1. The van der Waals surface area contributed by atoms with Crippen LogP contribution in [0.5, 0.6) is 0 Å². The van der Waals surface area contributed by atoms with Crippen molar-refractivity contribution in [3.05, 3.63) is 36.2 Å². The number of rotatable bonds is 4. The van der Waals surface area contributed by atoms with E-state index in [4.69, 9.17) is 9.15 Å². The first-order valence-corrected chi connectivity index (χ1v) is 6.02. The van der Waals surface area contributed by atoms with Crippen LogP contribution in [0.2, 0.25) is 0 Å². The van der Waals surface area contributed by atoms with Crippen LogP contribution < -0.4 is 4.90 Å². The maximum Gasteiger partial charge on any atom is 0.360 e. The summed E-state index contributed by atoms with van der Waals surface area (Å²) in [5.41, 5.74) is 2.04. The van der Waals surface area contributed by atoms with Crippen molar-refractivity contribution in [1.82, 2.24) is 4.98 Å². The molecule has 5 nitrogen and oxygen atoms in total. The van der Waals surface area contributed by atoms with E-state index in [-0.39, 0.29) is 5.69 Å². The molecular weight excluding hydrogens is 244 g/mol. The predicted octanol–water partition coefficient (Wildman–Crippen LogP) is 2.58. The standard InChI is InChI=1S/C14H16N2O3/c1-4-18-14(17)12-9-19-13(15-12)10-6-5-7-11(8-10)16(2)3/h5-9H,4H2,1-3H3. The van der Waals surface area contributed by atoms with E-state index >= 15 is 0 Å². The number of anilines is 1. The first-order valence-electron chi connectivity index (χ1n) is 6.02. The number of oxazole rings is 1. The zero-order valence-electron chi connectivity index (χ0n) is 11.2. The number of aromatic nitrogens is 1. The number of nitrogens with zero attached hydrogens (tertiary/aromatic N) is 2. The fourth-order valence-electron chi connectivity index (χ4n) is 1.62. The molecular formula is C14H16N2O3. The summed E-state index contributed by atoms with van der Waals surface area (Å²) in [5, 5.41) is 0. The molecule has 0 N–H and O–H groups in total. The lowest BCUT2D eigenvalue weighted by Gasteiger charge is -2.12. The minimum absolute atomic E-state index is 0.187. The van der Waals surface area contributed by atoms with E-state index in [2.05, 4.69) is 4.98 Å². The molecule has 0 atom stereocenters. The van der Waals surface area contributed by atoms with Gasteiger partial charge in [-0.1, -0.05) is 6.07 Å². The van der Waals surface area contributed by atoms with Gasteiger partial charge < -0.3 is 14.1 Å². The molecule has 0 aliphatic rings. The largest absolute Gasteiger partial charge is 0.461 e. The van der Waals surface area contributed by atoms with E-state index in [0.29, 0.717) is 12.5 Å². The molecule has 2 aromatic rings. The third kappa shape index (κ3) is 2.93. The minimum Gasteiger partial charge on any atom is -0.461 e. The first-order chi connectivity index (χ1) is 9.11. The Bertz CT molecular complexity index is 576. The van der Waals surface area contributed by atoms with E-state index < -0.39 is 5.97 Å². The molecule has 0 aliphatic carbocycles. The Morgan fingerprint density at radius 1 is 1.42 bits per heavy atom. The van der Waals surface area contributed by atoms with Gasteiger partial charge in [0.2, 0.25) is 5.89 Å². The van der Waals surface area contributed by atoms with Crippen LogP contribution in [-0.4, -0.2) is 31.7 Å². The van der Waals surface area contributed by atoms with Gasteiger partial charge in [0.1, 0.15) is 6.26 Å². The van der Waals surface area contributed by atoms with Gasteiger partial charge in [-0.2, -0.15) is 0 Å². The van der Waals surface area contributed by atoms with Crippen LogP contribution in [0.3, 0.4) is 0 Å². The lowest BCUT2D eigenvalue weighted by atomic mass is 10.2. The van der Waals surface area contributed by atoms with Crippen molar-refractivity contribution in [3.8, 4) is 11.5 Å². The molecule has 0 radical (unpaired) electrons. The van der Waals surface area contributed by atoms with Gasteiger partial charge >= 0.3 is 5.97 Å². The van der Waals surface area contributed by atoms with Crippen LogP contribution in [0.25, 0.3) is 11.5 Å².